The van der Waals surface area contributed by atoms with E-state index in [1.165, 1.54) is 0 Å². The molecule has 0 aliphatic heterocycles. The quantitative estimate of drug-likeness (QED) is 0.800. The number of hydrogen-bond acceptors (Lipinski definition) is 2. The largest absolute Gasteiger partial charge is 0.346 e. The second kappa shape index (κ2) is 6.29. The fourth-order valence-corrected chi connectivity index (χ4v) is 2.42. The van der Waals surface area contributed by atoms with Crippen LogP contribution in [0.2, 0.25) is 0 Å². The molecule has 0 saturated heterocycles. The number of nitrogens with zero attached hydrogens (tertiary/aromatic N) is 1. The Balaban J connectivity index is 1.88. The number of nitrogens with one attached hydrogen (secondary N) is 2. The Hall–Kier alpha value is -1.84. The molecule has 2 aromatic heterocycles. The van der Waals surface area contributed by atoms with Gasteiger partial charge in [0, 0.05) is 18.0 Å². The van der Waals surface area contributed by atoms with Gasteiger partial charge in [0.05, 0.1) is 11.9 Å². The molecule has 0 unspecified atom stereocenters. The first kappa shape index (κ1) is 15.5. The fourth-order valence-electron chi connectivity index (χ4n) is 2.42. The van der Waals surface area contributed by atoms with E-state index in [2.05, 4.69) is 36.1 Å². The highest BCUT2D eigenvalue weighted by molar-refractivity contribution is 5.94. The van der Waals surface area contributed by atoms with Crippen molar-refractivity contribution < 1.29 is 4.79 Å². The van der Waals surface area contributed by atoms with E-state index in [-0.39, 0.29) is 5.91 Å². The maximum absolute atomic E-state index is 12.0. The summed E-state index contributed by atoms with van der Waals surface area (Å²) in [4.78, 5) is 19.4. The van der Waals surface area contributed by atoms with Crippen LogP contribution in [0.3, 0.4) is 0 Å². The van der Waals surface area contributed by atoms with E-state index in [9.17, 15) is 4.79 Å². The number of H-pyrrole nitrogens is 1. The number of carbonyl (C=O) groups is 1. The lowest BCUT2D eigenvalue weighted by Crippen LogP contribution is -2.13. The summed E-state index contributed by atoms with van der Waals surface area (Å²) in [5, 5.41) is 4.03. The van der Waals surface area contributed by atoms with Crippen molar-refractivity contribution in [3.8, 4) is 0 Å². The number of rotatable bonds is 5. The third-order valence-electron chi connectivity index (χ3n) is 3.71. The van der Waals surface area contributed by atoms with Crippen molar-refractivity contribution in [3.05, 3.63) is 24.0 Å². The van der Waals surface area contributed by atoms with Gasteiger partial charge in [-0.3, -0.25) is 4.79 Å². The van der Waals surface area contributed by atoms with E-state index in [0.29, 0.717) is 11.8 Å². The summed E-state index contributed by atoms with van der Waals surface area (Å²) in [5.41, 5.74) is 3.07. The molecule has 21 heavy (non-hydrogen) atoms. The third-order valence-corrected chi connectivity index (χ3v) is 3.71. The molecule has 2 rings (SSSR count). The van der Waals surface area contributed by atoms with Gasteiger partial charge in [0.2, 0.25) is 5.91 Å². The fraction of sp³-hybridized carbons (Fsp3) is 0.529. The van der Waals surface area contributed by atoms with Gasteiger partial charge in [0.25, 0.3) is 0 Å². The van der Waals surface area contributed by atoms with Gasteiger partial charge in [-0.15, -0.1) is 0 Å². The molecule has 2 aromatic rings. The Bertz CT molecular complexity index is 622. The van der Waals surface area contributed by atoms with Crippen molar-refractivity contribution in [2.24, 2.45) is 5.41 Å². The van der Waals surface area contributed by atoms with Crippen molar-refractivity contribution in [2.75, 3.05) is 5.32 Å². The minimum atomic E-state index is 0.0729. The Morgan fingerprint density at radius 3 is 2.81 bits per heavy atom. The highest BCUT2D eigenvalue weighted by Gasteiger charge is 2.11. The summed E-state index contributed by atoms with van der Waals surface area (Å²) in [7, 11) is 0. The maximum atomic E-state index is 12.0. The number of amides is 1. The highest BCUT2D eigenvalue weighted by atomic mass is 16.1. The van der Waals surface area contributed by atoms with E-state index in [1.54, 1.807) is 6.20 Å². The number of aromatic amines is 1. The van der Waals surface area contributed by atoms with Crippen LogP contribution in [0, 0.1) is 12.3 Å². The second-order valence-corrected chi connectivity index (χ2v) is 6.85. The molecule has 0 aliphatic rings. The van der Waals surface area contributed by atoms with Crippen LogP contribution in [0.25, 0.3) is 11.0 Å². The Labute approximate surface area is 126 Å². The first-order valence-electron chi connectivity index (χ1n) is 7.59. The molecule has 114 valence electrons. The molecule has 0 bridgehead atoms. The topological polar surface area (TPSA) is 57.8 Å². The molecule has 0 aliphatic carbocycles. The average Bonchev–Trinajstić information content (AvgIpc) is 2.86. The van der Waals surface area contributed by atoms with Gasteiger partial charge in [-0.2, -0.15) is 0 Å². The molecule has 0 saturated carbocycles. The molecule has 2 N–H and O–H groups in total. The van der Waals surface area contributed by atoms with Gasteiger partial charge in [0.1, 0.15) is 5.65 Å². The van der Waals surface area contributed by atoms with E-state index in [0.717, 1.165) is 41.5 Å². The SMILES string of the molecule is Cc1c(NC(=O)CCCCC(C)(C)C)cnc2[nH]ccc12. The van der Waals surface area contributed by atoms with Crippen LogP contribution in [-0.4, -0.2) is 15.9 Å². The minimum Gasteiger partial charge on any atom is -0.346 e. The lowest BCUT2D eigenvalue weighted by atomic mass is 9.89. The molecule has 2 heterocycles. The zero-order chi connectivity index (χ0) is 15.5. The lowest BCUT2D eigenvalue weighted by molar-refractivity contribution is -0.116. The molecular formula is C17H25N3O. The predicted octanol–water partition coefficient (Wildman–Crippen LogP) is 4.42. The molecule has 4 nitrogen and oxygen atoms in total. The molecule has 0 radical (unpaired) electrons. The number of fused-ring (bicyclic) bond motifs is 1. The summed E-state index contributed by atoms with van der Waals surface area (Å²) in [6, 6.07) is 1.98. The zero-order valence-corrected chi connectivity index (χ0v) is 13.4. The molecule has 0 aromatic carbocycles. The second-order valence-electron chi connectivity index (χ2n) is 6.85. The molecule has 1 amide bonds. The van der Waals surface area contributed by atoms with E-state index in [1.807, 2.05) is 19.2 Å². The van der Waals surface area contributed by atoms with Crippen LogP contribution in [0.1, 0.15) is 52.0 Å². The van der Waals surface area contributed by atoms with Crippen LogP contribution in [0.4, 0.5) is 5.69 Å². The summed E-state index contributed by atoms with van der Waals surface area (Å²) in [6.07, 6.45) is 7.33. The van der Waals surface area contributed by atoms with Crippen molar-refractivity contribution in [1.29, 1.82) is 0 Å². The van der Waals surface area contributed by atoms with Crippen LogP contribution >= 0.6 is 0 Å². The lowest BCUT2D eigenvalue weighted by Gasteiger charge is -2.17. The Morgan fingerprint density at radius 2 is 2.10 bits per heavy atom. The first-order valence-corrected chi connectivity index (χ1v) is 7.59. The molecule has 0 atom stereocenters. The molecule has 4 heteroatoms. The maximum Gasteiger partial charge on any atom is 0.224 e. The number of aryl methyl sites for hydroxylation is 1. The normalized spacial score (nSPS) is 11.8. The van der Waals surface area contributed by atoms with Crippen molar-refractivity contribution in [1.82, 2.24) is 9.97 Å². The van der Waals surface area contributed by atoms with Crippen LogP contribution in [0.5, 0.6) is 0 Å². The van der Waals surface area contributed by atoms with Crippen LogP contribution in [-0.2, 0) is 4.79 Å². The van der Waals surface area contributed by atoms with E-state index >= 15 is 0 Å². The number of anilines is 1. The molecule has 0 fully saturated rings. The summed E-state index contributed by atoms with van der Waals surface area (Å²) >= 11 is 0. The van der Waals surface area contributed by atoms with Gasteiger partial charge in [0.15, 0.2) is 0 Å². The summed E-state index contributed by atoms with van der Waals surface area (Å²) < 4.78 is 0. The molecular weight excluding hydrogens is 262 g/mol. The number of aromatic nitrogens is 2. The summed E-state index contributed by atoms with van der Waals surface area (Å²) in [5.74, 6) is 0.0729. The van der Waals surface area contributed by atoms with Crippen molar-refractivity contribution in [2.45, 2.75) is 53.4 Å². The average molecular weight is 287 g/mol. The van der Waals surface area contributed by atoms with Gasteiger partial charge in [-0.25, -0.2) is 4.98 Å². The number of unbranched alkanes of at least 4 members (excludes halogenated alkanes) is 1. The smallest absolute Gasteiger partial charge is 0.224 e. The van der Waals surface area contributed by atoms with E-state index < -0.39 is 0 Å². The van der Waals surface area contributed by atoms with Crippen LogP contribution < -0.4 is 5.32 Å². The van der Waals surface area contributed by atoms with Crippen molar-refractivity contribution >= 4 is 22.6 Å². The van der Waals surface area contributed by atoms with E-state index in [4.69, 9.17) is 0 Å². The monoisotopic (exact) mass is 287 g/mol. The Kier molecular flexibility index (Phi) is 4.66. The van der Waals surface area contributed by atoms with Crippen molar-refractivity contribution in [3.63, 3.8) is 0 Å². The standard InChI is InChI=1S/C17H25N3O/c1-12-13-8-10-18-16(13)19-11-14(12)20-15(21)7-5-6-9-17(2,3)4/h8,10-11H,5-7,9H2,1-4H3,(H,18,19)(H,20,21). The first-order chi connectivity index (χ1) is 9.87. The van der Waals surface area contributed by atoms with Crippen LogP contribution in [0.15, 0.2) is 18.5 Å². The number of carbonyl (C=O) groups excluding carboxylic acids is 1. The van der Waals surface area contributed by atoms with Gasteiger partial charge >= 0.3 is 0 Å². The zero-order valence-electron chi connectivity index (χ0n) is 13.4. The minimum absolute atomic E-state index is 0.0729. The predicted molar refractivity (Wildman–Crippen MR) is 87.4 cm³/mol. The highest BCUT2D eigenvalue weighted by Crippen LogP contribution is 2.24. The van der Waals surface area contributed by atoms with Gasteiger partial charge in [-0.05, 0) is 36.8 Å². The summed E-state index contributed by atoms with van der Waals surface area (Å²) in [6.45, 7) is 8.70. The Morgan fingerprint density at radius 1 is 1.33 bits per heavy atom. The number of pyridine rings is 1. The number of hydrogen-bond donors (Lipinski definition) is 2. The van der Waals surface area contributed by atoms with Gasteiger partial charge in [-0.1, -0.05) is 27.2 Å². The third kappa shape index (κ3) is 4.31. The van der Waals surface area contributed by atoms with Gasteiger partial charge < -0.3 is 10.3 Å². The molecule has 0 spiro atoms.